The van der Waals surface area contributed by atoms with Crippen molar-refractivity contribution in [3.05, 3.63) is 0 Å². The molecule has 0 saturated heterocycles. The molecule has 0 spiro atoms. The molecular formula is C34H64O4. The molecule has 0 N–H and O–H groups in total. The van der Waals surface area contributed by atoms with Gasteiger partial charge in [-0.25, -0.2) is 0 Å². The predicted molar refractivity (Wildman–Crippen MR) is 160 cm³/mol. The van der Waals surface area contributed by atoms with Crippen LogP contribution in [0.2, 0.25) is 0 Å². The van der Waals surface area contributed by atoms with Gasteiger partial charge in [0.05, 0.1) is 25.0 Å². The van der Waals surface area contributed by atoms with Crippen molar-refractivity contribution in [3.63, 3.8) is 0 Å². The first-order valence-corrected chi connectivity index (χ1v) is 17.0. The molecular weight excluding hydrogens is 472 g/mol. The van der Waals surface area contributed by atoms with E-state index in [-0.39, 0.29) is 23.8 Å². The van der Waals surface area contributed by atoms with E-state index in [2.05, 4.69) is 13.8 Å². The topological polar surface area (TPSA) is 52.6 Å². The Morgan fingerprint density at radius 3 is 0.921 bits per heavy atom. The zero-order valence-corrected chi connectivity index (χ0v) is 25.6. The van der Waals surface area contributed by atoms with E-state index in [0.29, 0.717) is 13.2 Å². The summed E-state index contributed by atoms with van der Waals surface area (Å²) in [7, 11) is 0. The molecule has 1 aliphatic carbocycles. The second-order valence-corrected chi connectivity index (χ2v) is 12.0. The SMILES string of the molecule is CCCCCCCCCCCCCCCCCCOC(=O)C1CCC(C(=O)OCCCCCCCC)CC1. The van der Waals surface area contributed by atoms with Crippen LogP contribution >= 0.6 is 0 Å². The zero-order valence-electron chi connectivity index (χ0n) is 25.6. The first kappa shape index (κ1) is 35.0. The second kappa shape index (κ2) is 26.2. The summed E-state index contributed by atoms with van der Waals surface area (Å²) >= 11 is 0. The van der Waals surface area contributed by atoms with E-state index >= 15 is 0 Å². The Morgan fingerprint density at radius 1 is 0.421 bits per heavy atom. The lowest BCUT2D eigenvalue weighted by Gasteiger charge is -2.26. The molecule has 1 rings (SSSR count). The molecule has 0 amide bonds. The molecule has 0 aromatic carbocycles. The van der Waals surface area contributed by atoms with Crippen LogP contribution in [-0.4, -0.2) is 25.2 Å². The van der Waals surface area contributed by atoms with Crippen molar-refractivity contribution in [1.29, 1.82) is 0 Å². The van der Waals surface area contributed by atoms with Gasteiger partial charge >= 0.3 is 11.9 Å². The van der Waals surface area contributed by atoms with Gasteiger partial charge in [-0.05, 0) is 38.5 Å². The van der Waals surface area contributed by atoms with Crippen molar-refractivity contribution in [3.8, 4) is 0 Å². The molecule has 0 bridgehead atoms. The van der Waals surface area contributed by atoms with Crippen LogP contribution in [-0.2, 0) is 19.1 Å². The molecule has 1 saturated carbocycles. The molecule has 1 aliphatic rings. The van der Waals surface area contributed by atoms with E-state index in [1.165, 1.54) is 116 Å². The lowest BCUT2D eigenvalue weighted by Crippen LogP contribution is -2.28. The van der Waals surface area contributed by atoms with Gasteiger partial charge in [0.25, 0.3) is 0 Å². The summed E-state index contributed by atoms with van der Waals surface area (Å²) in [4.78, 5) is 24.7. The van der Waals surface area contributed by atoms with E-state index in [1.807, 2.05) is 0 Å². The number of carbonyl (C=O) groups is 2. The Morgan fingerprint density at radius 2 is 0.658 bits per heavy atom. The lowest BCUT2D eigenvalue weighted by atomic mass is 9.82. The van der Waals surface area contributed by atoms with Crippen molar-refractivity contribution >= 4 is 11.9 Å². The van der Waals surface area contributed by atoms with Crippen molar-refractivity contribution < 1.29 is 19.1 Å². The molecule has 0 atom stereocenters. The minimum Gasteiger partial charge on any atom is -0.465 e. The van der Waals surface area contributed by atoms with Crippen LogP contribution in [0.5, 0.6) is 0 Å². The Hall–Kier alpha value is -1.06. The van der Waals surface area contributed by atoms with Gasteiger partial charge in [-0.3, -0.25) is 9.59 Å². The zero-order chi connectivity index (χ0) is 27.5. The van der Waals surface area contributed by atoms with Crippen LogP contribution < -0.4 is 0 Å². The van der Waals surface area contributed by atoms with Crippen molar-refractivity contribution in [2.45, 2.75) is 181 Å². The van der Waals surface area contributed by atoms with Gasteiger partial charge < -0.3 is 9.47 Å². The van der Waals surface area contributed by atoms with Gasteiger partial charge in [-0.15, -0.1) is 0 Å². The number of esters is 2. The highest BCUT2D eigenvalue weighted by atomic mass is 16.5. The average molecular weight is 537 g/mol. The lowest BCUT2D eigenvalue weighted by molar-refractivity contribution is -0.155. The smallest absolute Gasteiger partial charge is 0.308 e. The Kier molecular flexibility index (Phi) is 24.1. The van der Waals surface area contributed by atoms with Crippen LogP contribution in [0, 0.1) is 11.8 Å². The molecule has 4 nitrogen and oxygen atoms in total. The number of rotatable bonds is 26. The monoisotopic (exact) mass is 536 g/mol. The number of unbranched alkanes of at least 4 members (excludes halogenated alkanes) is 20. The van der Waals surface area contributed by atoms with Gasteiger partial charge in [-0.2, -0.15) is 0 Å². The summed E-state index contributed by atoms with van der Waals surface area (Å²) < 4.78 is 11.1. The summed E-state index contributed by atoms with van der Waals surface area (Å²) in [5.41, 5.74) is 0. The molecule has 1 fully saturated rings. The van der Waals surface area contributed by atoms with E-state index in [1.54, 1.807) is 0 Å². The first-order chi connectivity index (χ1) is 18.7. The Bertz CT molecular complexity index is 539. The maximum absolute atomic E-state index is 12.4. The summed E-state index contributed by atoms with van der Waals surface area (Å²) in [6.07, 6.45) is 31.8. The fraction of sp³-hybridized carbons (Fsp3) is 0.941. The van der Waals surface area contributed by atoms with Crippen molar-refractivity contribution in [2.24, 2.45) is 11.8 Å². The van der Waals surface area contributed by atoms with Crippen LogP contribution in [0.25, 0.3) is 0 Å². The normalized spacial score (nSPS) is 17.4. The summed E-state index contributed by atoms with van der Waals surface area (Å²) in [6, 6.07) is 0. The largest absolute Gasteiger partial charge is 0.465 e. The van der Waals surface area contributed by atoms with E-state index in [4.69, 9.17) is 9.47 Å². The van der Waals surface area contributed by atoms with Gasteiger partial charge in [0.1, 0.15) is 0 Å². The quantitative estimate of drug-likeness (QED) is 0.0815. The minimum absolute atomic E-state index is 0.0283. The summed E-state index contributed by atoms with van der Waals surface area (Å²) in [6.45, 7) is 5.60. The number of carbonyl (C=O) groups excluding carboxylic acids is 2. The summed E-state index contributed by atoms with van der Waals surface area (Å²) in [5, 5.41) is 0. The molecule has 38 heavy (non-hydrogen) atoms. The van der Waals surface area contributed by atoms with Gasteiger partial charge in [-0.1, -0.05) is 142 Å². The Balaban J connectivity index is 1.87. The molecule has 224 valence electrons. The minimum atomic E-state index is -0.0569. The summed E-state index contributed by atoms with van der Waals surface area (Å²) in [5.74, 6) is -0.165. The van der Waals surface area contributed by atoms with E-state index in [0.717, 1.165) is 51.4 Å². The third kappa shape index (κ3) is 19.9. The second-order valence-electron chi connectivity index (χ2n) is 12.0. The molecule has 0 unspecified atom stereocenters. The van der Waals surface area contributed by atoms with Crippen molar-refractivity contribution in [2.75, 3.05) is 13.2 Å². The van der Waals surface area contributed by atoms with Crippen LogP contribution in [0.1, 0.15) is 181 Å². The van der Waals surface area contributed by atoms with Gasteiger partial charge in [0, 0.05) is 0 Å². The molecule has 0 radical (unpaired) electrons. The van der Waals surface area contributed by atoms with E-state index < -0.39 is 0 Å². The fourth-order valence-electron chi connectivity index (χ4n) is 5.68. The average Bonchev–Trinajstić information content (AvgIpc) is 2.94. The Labute approximate surface area is 236 Å². The van der Waals surface area contributed by atoms with Crippen LogP contribution in [0.3, 0.4) is 0 Å². The fourth-order valence-corrected chi connectivity index (χ4v) is 5.68. The van der Waals surface area contributed by atoms with E-state index in [9.17, 15) is 9.59 Å². The number of hydrogen-bond donors (Lipinski definition) is 0. The molecule has 0 aromatic heterocycles. The molecule has 0 aromatic rings. The van der Waals surface area contributed by atoms with Gasteiger partial charge in [0.2, 0.25) is 0 Å². The molecule has 4 heteroatoms. The number of hydrogen-bond acceptors (Lipinski definition) is 4. The maximum Gasteiger partial charge on any atom is 0.308 e. The van der Waals surface area contributed by atoms with Crippen LogP contribution in [0.15, 0.2) is 0 Å². The maximum atomic E-state index is 12.4. The standard InChI is InChI=1S/C34H64O4/c1-3-5-7-9-11-12-13-14-15-16-17-18-19-20-22-24-30-38-34(36)32-27-25-31(26-28-32)33(35)37-29-23-21-10-8-6-4-2/h31-32H,3-30H2,1-2H3. The third-order valence-corrected chi connectivity index (χ3v) is 8.38. The highest BCUT2D eigenvalue weighted by molar-refractivity contribution is 5.75. The van der Waals surface area contributed by atoms with Crippen molar-refractivity contribution in [1.82, 2.24) is 0 Å². The highest BCUT2D eigenvalue weighted by Gasteiger charge is 2.31. The third-order valence-electron chi connectivity index (χ3n) is 8.38. The highest BCUT2D eigenvalue weighted by Crippen LogP contribution is 2.30. The van der Waals surface area contributed by atoms with Gasteiger partial charge in [0.15, 0.2) is 0 Å². The molecule has 0 aliphatic heterocycles. The molecule has 0 heterocycles. The number of ether oxygens (including phenoxy) is 2. The predicted octanol–water partition coefficient (Wildman–Crippen LogP) is 10.5. The van der Waals surface area contributed by atoms with Crippen LogP contribution in [0.4, 0.5) is 0 Å². The first-order valence-electron chi connectivity index (χ1n) is 17.0.